The summed E-state index contributed by atoms with van der Waals surface area (Å²) in [7, 11) is 0. The van der Waals surface area contributed by atoms with E-state index in [1.54, 1.807) is 4.90 Å². The fourth-order valence-corrected chi connectivity index (χ4v) is 2.75. The van der Waals surface area contributed by atoms with Crippen LogP contribution in [0.5, 0.6) is 0 Å². The van der Waals surface area contributed by atoms with Gasteiger partial charge in [-0.15, -0.1) is 5.10 Å². The highest BCUT2D eigenvalue weighted by molar-refractivity contribution is 5.89. The second kappa shape index (κ2) is 5.12. The second-order valence-electron chi connectivity index (χ2n) is 6.26. The molecule has 1 saturated heterocycles. The van der Waals surface area contributed by atoms with Gasteiger partial charge in [0.15, 0.2) is 0 Å². The first-order valence-corrected chi connectivity index (χ1v) is 7.73. The van der Waals surface area contributed by atoms with E-state index in [0.717, 1.165) is 16.9 Å². The number of rotatable bonds is 3. The van der Waals surface area contributed by atoms with E-state index in [0.29, 0.717) is 19.0 Å². The van der Waals surface area contributed by atoms with Crippen LogP contribution < -0.4 is 5.32 Å². The van der Waals surface area contributed by atoms with Crippen LogP contribution in [0.4, 0.5) is 10.5 Å². The maximum absolute atomic E-state index is 12.2. The predicted octanol–water partition coefficient (Wildman–Crippen LogP) is 2.55. The number of anilines is 1. The van der Waals surface area contributed by atoms with Gasteiger partial charge in [-0.25, -0.2) is 9.48 Å². The predicted molar refractivity (Wildman–Crippen MR) is 82.8 cm³/mol. The molecule has 2 aliphatic rings. The van der Waals surface area contributed by atoms with Crippen LogP contribution in [0.2, 0.25) is 0 Å². The van der Waals surface area contributed by atoms with Gasteiger partial charge in [-0.2, -0.15) is 0 Å². The number of likely N-dealkylation sites (tertiary alicyclic amines) is 1. The smallest absolute Gasteiger partial charge is 0.320 e. The molecular formula is C16H19N5O. The van der Waals surface area contributed by atoms with Crippen molar-refractivity contribution in [2.75, 3.05) is 18.4 Å². The van der Waals surface area contributed by atoms with Crippen molar-refractivity contribution in [3.63, 3.8) is 0 Å². The first kappa shape index (κ1) is 13.3. The molecule has 4 rings (SSSR count). The Hall–Kier alpha value is -2.37. The molecule has 0 radical (unpaired) electrons. The largest absolute Gasteiger partial charge is 0.321 e. The normalized spacial score (nSPS) is 18.1. The van der Waals surface area contributed by atoms with E-state index in [2.05, 4.69) is 15.6 Å². The molecular weight excluding hydrogens is 278 g/mol. The molecule has 6 heteroatoms. The molecule has 1 saturated carbocycles. The van der Waals surface area contributed by atoms with E-state index in [9.17, 15) is 4.79 Å². The quantitative estimate of drug-likeness (QED) is 0.947. The van der Waals surface area contributed by atoms with Gasteiger partial charge in [0.1, 0.15) is 0 Å². The summed E-state index contributed by atoms with van der Waals surface area (Å²) in [5, 5.41) is 11.4. The highest BCUT2D eigenvalue weighted by Gasteiger charge is 2.34. The molecule has 0 atom stereocenters. The minimum Gasteiger partial charge on any atom is -0.320 e. The van der Waals surface area contributed by atoms with Crippen LogP contribution in [-0.2, 0) is 0 Å². The molecule has 0 unspecified atom stereocenters. The minimum atomic E-state index is -0.0515. The van der Waals surface area contributed by atoms with Gasteiger partial charge >= 0.3 is 6.03 Å². The zero-order valence-corrected chi connectivity index (χ0v) is 12.6. The number of urea groups is 1. The maximum atomic E-state index is 12.2. The molecule has 1 aromatic carbocycles. The molecule has 0 spiro atoms. The highest BCUT2D eigenvalue weighted by Crippen LogP contribution is 2.39. The monoisotopic (exact) mass is 297 g/mol. The summed E-state index contributed by atoms with van der Waals surface area (Å²) in [6.07, 6.45) is 4.50. The number of hydrogen-bond acceptors (Lipinski definition) is 3. The summed E-state index contributed by atoms with van der Waals surface area (Å²) in [6.45, 7) is 3.38. The van der Waals surface area contributed by atoms with Crippen molar-refractivity contribution < 1.29 is 4.79 Å². The maximum Gasteiger partial charge on any atom is 0.321 e. The number of aryl methyl sites for hydroxylation is 1. The van der Waals surface area contributed by atoms with E-state index in [4.69, 9.17) is 0 Å². The summed E-state index contributed by atoms with van der Waals surface area (Å²) in [5.74, 6) is 0.620. The number of aromatic nitrogens is 3. The van der Waals surface area contributed by atoms with Gasteiger partial charge < -0.3 is 10.2 Å². The number of carbonyl (C=O) groups is 1. The lowest BCUT2D eigenvalue weighted by Gasteiger charge is -2.38. The van der Waals surface area contributed by atoms with Gasteiger partial charge in [0.2, 0.25) is 0 Å². The summed E-state index contributed by atoms with van der Waals surface area (Å²) < 4.78 is 1.91. The van der Waals surface area contributed by atoms with E-state index in [1.807, 2.05) is 42.1 Å². The van der Waals surface area contributed by atoms with E-state index < -0.39 is 0 Å². The van der Waals surface area contributed by atoms with Crippen molar-refractivity contribution in [1.29, 1.82) is 0 Å². The molecule has 2 amide bonds. The Morgan fingerprint density at radius 2 is 2.14 bits per heavy atom. The average Bonchev–Trinajstić information content (AvgIpc) is 3.17. The van der Waals surface area contributed by atoms with Crippen LogP contribution in [-0.4, -0.2) is 39.0 Å². The molecule has 6 nitrogen and oxygen atoms in total. The lowest BCUT2D eigenvalue weighted by atomic mass is 10.1. The summed E-state index contributed by atoms with van der Waals surface area (Å²) in [6, 6.07) is 8.03. The molecule has 22 heavy (non-hydrogen) atoms. The Morgan fingerprint density at radius 1 is 1.32 bits per heavy atom. The number of hydrogen-bond donors (Lipinski definition) is 1. The zero-order valence-electron chi connectivity index (χ0n) is 12.6. The Kier molecular flexibility index (Phi) is 3.10. The Labute approximate surface area is 129 Å². The van der Waals surface area contributed by atoms with Gasteiger partial charge in [-0.1, -0.05) is 17.3 Å². The van der Waals surface area contributed by atoms with Crippen molar-refractivity contribution in [1.82, 2.24) is 19.9 Å². The van der Waals surface area contributed by atoms with E-state index >= 15 is 0 Å². The van der Waals surface area contributed by atoms with Crippen LogP contribution in [0.15, 0.2) is 30.5 Å². The molecule has 1 aromatic heterocycles. The SMILES string of the molecule is Cc1cccc(NC(=O)N2CC(n3cc(C4CC4)nn3)C2)c1. The standard InChI is InChI=1S/C16H19N5O/c1-11-3-2-4-13(7-11)17-16(22)20-8-14(9-20)21-10-15(18-19-21)12-5-6-12/h2-4,7,10,12,14H,5-6,8-9H2,1H3,(H,17,22). The number of nitrogens with one attached hydrogen (secondary N) is 1. The Bertz CT molecular complexity index is 700. The fourth-order valence-electron chi connectivity index (χ4n) is 2.75. The number of benzene rings is 1. The lowest BCUT2D eigenvalue weighted by Crippen LogP contribution is -2.52. The Morgan fingerprint density at radius 3 is 2.86 bits per heavy atom. The average molecular weight is 297 g/mol. The highest BCUT2D eigenvalue weighted by atomic mass is 16.2. The van der Waals surface area contributed by atoms with Crippen LogP contribution in [0.3, 0.4) is 0 Å². The zero-order chi connectivity index (χ0) is 15.1. The van der Waals surface area contributed by atoms with Crippen molar-refractivity contribution >= 4 is 11.7 Å². The molecule has 1 aliphatic carbocycles. The molecule has 2 heterocycles. The number of carbonyl (C=O) groups excluding carboxylic acids is 1. The fraction of sp³-hybridized carbons (Fsp3) is 0.438. The Balaban J connectivity index is 1.33. The van der Waals surface area contributed by atoms with Gasteiger partial charge in [0.05, 0.1) is 11.7 Å². The minimum absolute atomic E-state index is 0.0515. The molecule has 1 N–H and O–H groups in total. The molecule has 0 bridgehead atoms. The van der Waals surface area contributed by atoms with Gasteiger partial charge in [0, 0.05) is 30.9 Å². The van der Waals surface area contributed by atoms with Gasteiger partial charge in [-0.3, -0.25) is 0 Å². The second-order valence-corrected chi connectivity index (χ2v) is 6.26. The summed E-state index contributed by atoms with van der Waals surface area (Å²) >= 11 is 0. The van der Waals surface area contributed by atoms with Crippen LogP contribution >= 0.6 is 0 Å². The van der Waals surface area contributed by atoms with Crippen LogP contribution in [0, 0.1) is 6.92 Å². The molecule has 2 fully saturated rings. The summed E-state index contributed by atoms with van der Waals surface area (Å²) in [5.41, 5.74) is 3.07. The van der Waals surface area contributed by atoms with Crippen molar-refractivity contribution in [2.24, 2.45) is 0 Å². The topological polar surface area (TPSA) is 63.1 Å². The van der Waals surface area contributed by atoms with Crippen LogP contribution in [0.25, 0.3) is 0 Å². The first-order chi connectivity index (χ1) is 10.7. The third-order valence-electron chi connectivity index (χ3n) is 4.32. The molecule has 114 valence electrons. The summed E-state index contributed by atoms with van der Waals surface area (Å²) in [4.78, 5) is 14.0. The third kappa shape index (κ3) is 2.56. The number of nitrogens with zero attached hydrogens (tertiary/aromatic N) is 4. The molecule has 2 aromatic rings. The first-order valence-electron chi connectivity index (χ1n) is 7.73. The van der Waals surface area contributed by atoms with Crippen molar-refractivity contribution in [3.8, 4) is 0 Å². The van der Waals surface area contributed by atoms with Gasteiger partial charge in [-0.05, 0) is 37.5 Å². The van der Waals surface area contributed by atoms with E-state index in [1.165, 1.54) is 12.8 Å². The van der Waals surface area contributed by atoms with Crippen molar-refractivity contribution in [3.05, 3.63) is 41.7 Å². The van der Waals surface area contributed by atoms with E-state index in [-0.39, 0.29) is 12.1 Å². The van der Waals surface area contributed by atoms with Crippen molar-refractivity contribution in [2.45, 2.75) is 31.7 Å². The van der Waals surface area contributed by atoms with Crippen LogP contribution in [0.1, 0.15) is 36.1 Å². The lowest BCUT2D eigenvalue weighted by molar-refractivity contribution is 0.127. The third-order valence-corrected chi connectivity index (χ3v) is 4.32. The number of amides is 2. The van der Waals surface area contributed by atoms with Gasteiger partial charge in [0.25, 0.3) is 0 Å². The molecule has 1 aliphatic heterocycles.